The molecule has 152 valence electrons. The summed E-state index contributed by atoms with van der Waals surface area (Å²) in [5.41, 5.74) is 2.04. The molecule has 3 rings (SSSR count). The van der Waals surface area contributed by atoms with E-state index < -0.39 is 23.9 Å². The van der Waals surface area contributed by atoms with E-state index in [1.54, 1.807) is 0 Å². The number of aliphatic hydroxyl groups is 1. The Bertz CT molecular complexity index is 734. The molecule has 1 amide bonds. The second-order valence-corrected chi connectivity index (χ2v) is 8.62. The van der Waals surface area contributed by atoms with Gasteiger partial charge in [0.05, 0.1) is 12.1 Å². The highest BCUT2D eigenvalue weighted by atomic mass is 32.2. The lowest BCUT2D eigenvalue weighted by Gasteiger charge is -2.43. The van der Waals surface area contributed by atoms with Gasteiger partial charge in [-0.2, -0.15) is 0 Å². The molecule has 0 aliphatic carbocycles. The van der Waals surface area contributed by atoms with E-state index in [0.717, 1.165) is 23.8 Å². The summed E-state index contributed by atoms with van der Waals surface area (Å²) in [6.07, 6.45) is 2.85. The van der Waals surface area contributed by atoms with Crippen LogP contribution in [0, 0.1) is 0 Å². The van der Waals surface area contributed by atoms with Crippen LogP contribution < -0.4 is 5.32 Å². The number of amides is 1. The number of carbonyl (C=O) groups excluding carboxylic acids is 2. The molecule has 0 bridgehead atoms. The number of hydrogen-bond acceptors (Lipinski definition) is 6. The van der Waals surface area contributed by atoms with Crippen molar-refractivity contribution in [3.8, 4) is 0 Å². The molecule has 2 N–H and O–H groups in total. The number of carbonyl (C=O) groups is 2. The van der Waals surface area contributed by atoms with Crippen LogP contribution in [-0.4, -0.2) is 46.1 Å². The molecule has 0 radical (unpaired) electrons. The first-order chi connectivity index (χ1) is 13.3. The Morgan fingerprint density at radius 2 is 2.14 bits per heavy atom. The average molecular weight is 406 g/mol. The number of rotatable bonds is 6. The minimum absolute atomic E-state index is 0.142. The van der Waals surface area contributed by atoms with Crippen LogP contribution >= 0.6 is 11.8 Å². The van der Waals surface area contributed by atoms with Crippen LogP contribution in [0.3, 0.4) is 0 Å². The first-order valence-corrected chi connectivity index (χ1v) is 10.6. The van der Waals surface area contributed by atoms with Crippen LogP contribution in [0.2, 0.25) is 0 Å². The van der Waals surface area contributed by atoms with Gasteiger partial charge >= 0.3 is 5.97 Å². The number of nitrogens with one attached hydrogen (secondary N) is 1. The van der Waals surface area contributed by atoms with E-state index in [1.807, 2.05) is 32.0 Å². The maximum Gasteiger partial charge on any atom is 0.330 e. The van der Waals surface area contributed by atoms with Crippen molar-refractivity contribution in [1.82, 2.24) is 5.32 Å². The second-order valence-electron chi connectivity index (χ2n) is 7.62. The number of aryl methyl sites for hydroxylation is 1. The fourth-order valence-electron chi connectivity index (χ4n) is 3.61. The van der Waals surface area contributed by atoms with E-state index in [4.69, 9.17) is 9.47 Å². The summed E-state index contributed by atoms with van der Waals surface area (Å²) < 4.78 is 11.6. The number of hydrogen-bond donors (Lipinski definition) is 2. The van der Waals surface area contributed by atoms with Crippen molar-refractivity contribution in [2.45, 2.75) is 63.6 Å². The van der Waals surface area contributed by atoms with Crippen molar-refractivity contribution >= 4 is 23.0 Å². The fourth-order valence-corrected chi connectivity index (χ4v) is 4.50. The number of esters is 1. The van der Waals surface area contributed by atoms with Crippen LogP contribution in [0.25, 0.3) is 0 Å². The van der Waals surface area contributed by atoms with Crippen molar-refractivity contribution in [3.05, 3.63) is 47.5 Å². The van der Waals surface area contributed by atoms with E-state index in [0.29, 0.717) is 18.6 Å². The van der Waals surface area contributed by atoms with Gasteiger partial charge in [-0.1, -0.05) is 47.7 Å². The molecule has 0 aromatic heterocycles. The monoisotopic (exact) mass is 405 g/mol. The van der Waals surface area contributed by atoms with E-state index in [1.165, 1.54) is 11.6 Å². The molecule has 28 heavy (non-hydrogen) atoms. The molecule has 2 fully saturated rings. The van der Waals surface area contributed by atoms with Crippen molar-refractivity contribution in [2.24, 2.45) is 0 Å². The predicted molar refractivity (Wildman–Crippen MR) is 108 cm³/mol. The maximum atomic E-state index is 12.1. The lowest BCUT2D eigenvalue weighted by atomic mass is 9.91. The normalized spacial score (nSPS) is 29.8. The Balaban J connectivity index is 1.70. The van der Waals surface area contributed by atoms with Crippen LogP contribution in [0.5, 0.6) is 0 Å². The molecule has 2 aliphatic heterocycles. The van der Waals surface area contributed by atoms with Gasteiger partial charge in [-0.25, -0.2) is 4.79 Å². The van der Waals surface area contributed by atoms with Crippen LogP contribution in [0.4, 0.5) is 4.79 Å². The van der Waals surface area contributed by atoms with Crippen LogP contribution in [0.1, 0.15) is 38.7 Å². The number of ether oxygens (including phenoxy) is 2. The van der Waals surface area contributed by atoms with Gasteiger partial charge in [0.2, 0.25) is 0 Å². The van der Waals surface area contributed by atoms with Gasteiger partial charge in [0.1, 0.15) is 6.10 Å². The minimum atomic E-state index is -1.55. The standard InChI is InChI=1S/C21H27NO5S/c1-14(2)10-19(23)26-17-11-16(9-8-15-6-4-3-5-7-15)27-21(25,12-17)18-13-28-20(24)22-18/h3-7,10,16-18,25H,8-9,11-13H2,1-2H3,(H,22,24)/t16-,17?,18?,21?/m1/s1. The first kappa shape index (κ1) is 20.9. The molecule has 0 saturated carbocycles. The summed E-state index contributed by atoms with van der Waals surface area (Å²) in [5.74, 6) is -1.54. The molecule has 3 unspecified atom stereocenters. The topological polar surface area (TPSA) is 84.9 Å². The molecule has 7 heteroatoms. The van der Waals surface area contributed by atoms with Gasteiger partial charge in [-0.05, 0) is 32.3 Å². The predicted octanol–water partition coefficient (Wildman–Crippen LogP) is 3.19. The molecule has 2 saturated heterocycles. The molecule has 2 heterocycles. The van der Waals surface area contributed by atoms with Gasteiger partial charge in [0.15, 0.2) is 5.79 Å². The smallest absolute Gasteiger partial charge is 0.330 e. The third-order valence-electron chi connectivity index (χ3n) is 4.92. The van der Waals surface area contributed by atoms with Gasteiger partial charge < -0.3 is 19.9 Å². The Morgan fingerprint density at radius 3 is 2.79 bits per heavy atom. The largest absolute Gasteiger partial charge is 0.459 e. The summed E-state index contributed by atoms with van der Waals surface area (Å²) in [7, 11) is 0. The average Bonchev–Trinajstić information content (AvgIpc) is 3.07. The highest BCUT2D eigenvalue weighted by Crippen LogP contribution is 2.36. The fraction of sp³-hybridized carbons (Fsp3) is 0.524. The summed E-state index contributed by atoms with van der Waals surface area (Å²) in [6.45, 7) is 3.66. The van der Waals surface area contributed by atoms with Crippen molar-refractivity contribution in [1.29, 1.82) is 0 Å². The highest BCUT2D eigenvalue weighted by Gasteiger charge is 2.49. The summed E-state index contributed by atoms with van der Waals surface area (Å²) in [5, 5.41) is 13.8. The van der Waals surface area contributed by atoms with Gasteiger partial charge in [0.25, 0.3) is 5.24 Å². The Kier molecular flexibility index (Phi) is 6.80. The lowest BCUT2D eigenvalue weighted by Crippen LogP contribution is -2.58. The SMILES string of the molecule is CC(C)=CC(=O)OC1C[C@@H](CCc2ccccc2)OC(O)(C2CSC(=O)N2)C1. The van der Waals surface area contributed by atoms with Crippen molar-refractivity contribution in [3.63, 3.8) is 0 Å². The number of benzene rings is 1. The molecule has 1 aromatic carbocycles. The van der Waals surface area contributed by atoms with E-state index >= 15 is 0 Å². The van der Waals surface area contributed by atoms with Crippen molar-refractivity contribution in [2.75, 3.05) is 5.75 Å². The zero-order valence-corrected chi connectivity index (χ0v) is 17.0. The Hall–Kier alpha value is -1.83. The molecule has 2 aliphatic rings. The van der Waals surface area contributed by atoms with E-state index in [9.17, 15) is 14.7 Å². The highest BCUT2D eigenvalue weighted by molar-refractivity contribution is 8.14. The number of thioether (sulfide) groups is 1. The van der Waals surface area contributed by atoms with E-state index in [2.05, 4.69) is 17.4 Å². The Labute approximate surface area is 169 Å². The summed E-state index contributed by atoms with van der Waals surface area (Å²) in [4.78, 5) is 23.7. The maximum absolute atomic E-state index is 12.1. The van der Waals surface area contributed by atoms with Crippen LogP contribution in [-0.2, 0) is 20.7 Å². The molecular formula is C21H27NO5S. The third-order valence-corrected chi connectivity index (χ3v) is 5.80. The molecule has 0 spiro atoms. The van der Waals surface area contributed by atoms with E-state index in [-0.39, 0.29) is 17.8 Å². The van der Waals surface area contributed by atoms with Gasteiger partial charge in [-0.15, -0.1) is 0 Å². The molecule has 1 aromatic rings. The molecular weight excluding hydrogens is 378 g/mol. The summed E-state index contributed by atoms with van der Waals surface area (Å²) in [6, 6.07) is 9.53. The zero-order valence-electron chi connectivity index (χ0n) is 16.2. The van der Waals surface area contributed by atoms with Gasteiger partial charge in [0, 0.05) is 24.7 Å². The number of allylic oxidation sites excluding steroid dienone is 1. The third kappa shape index (κ3) is 5.59. The molecule has 6 nitrogen and oxygen atoms in total. The first-order valence-electron chi connectivity index (χ1n) is 9.57. The van der Waals surface area contributed by atoms with Gasteiger partial charge in [-0.3, -0.25) is 4.79 Å². The van der Waals surface area contributed by atoms with Crippen molar-refractivity contribution < 1.29 is 24.2 Å². The Morgan fingerprint density at radius 1 is 1.39 bits per heavy atom. The second kappa shape index (κ2) is 9.11. The summed E-state index contributed by atoms with van der Waals surface area (Å²) >= 11 is 1.13. The van der Waals surface area contributed by atoms with Crippen LogP contribution in [0.15, 0.2) is 42.0 Å². The molecule has 4 atom stereocenters. The zero-order chi connectivity index (χ0) is 20.1. The minimum Gasteiger partial charge on any atom is -0.459 e. The lowest BCUT2D eigenvalue weighted by molar-refractivity contribution is -0.283. The quantitative estimate of drug-likeness (QED) is 0.559.